The van der Waals surface area contributed by atoms with Gasteiger partial charge in [-0.3, -0.25) is 14.4 Å². The largest absolute Gasteiger partial charge is 0.352 e. The molecule has 0 bridgehead atoms. The molecule has 0 fully saturated rings. The molecule has 0 heterocycles. The molecular weight excluding hydrogens is 389 g/mol. The second kappa shape index (κ2) is 10.5. The van der Waals surface area contributed by atoms with Crippen LogP contribution in [0, 0.1) is 0 Å². The van der Waals surface area contributed by atoms with Gasteiger partial charge in [0.25, 0.3) is 0 Å². The normalized spacial score (nSPS) is 10.1. The smallest absolute Gasteiger partial charge is 0.239 e. The molecule has 0 aromatic heterocycles. The van der Waals surface area contributed by atoms with Gasteiger partial charge in [0.05, 0.1) is 6.54 Å². The van der Waals surface area contributed by atoms with Crippen LogP contribution in [0.1, 0.15) is 17.5 Å². The van der Waals surface area contributed by atoms with Crippen molar-refractivity contribution in [3.05, 3.63) is 69.7 Å². The summed E-state index contributed by atoms with van der Waals surface area (Å²) in [5.74, 6) is -1.32. The number of carbonyl (C=O) groups excluding carboxylic acids is 3. The lowest BCUT2D eigenvalue weighted by Gasteiger charge is -2.08. The van der Waals surface area contributed by atoms with E-state index in [1.54, 1.807) is 18.2 Å². The van der Waals surface area contributed by atoms with E-state index in [0.29, 0.717) is 16.6 Å². The third-order valence-corrected chi connectivity index (χ3v) is 3.95. The Morgan fingerprint density at radius 3 is 1.93 bits per heavy atom. The number of rotatable bonds is 8. The van der Waals surface area contributed by atoms with Crippen LogP contribution < -0.4 is 16.0 Å². The second-order valence-corrected chi connectivity index (χ2v) is 6.64. The van der Waals surface area contributed by atoms with Crippen molar-refractivity contribution in [1.82, 2.24) is 16.0 Å². The van der Waals surface area contributed by atoms with Gasteiger partial charge in [0.1, 0.15) is 6.42 Å². The predicted octanol–water partition coefficient (Wildman–Crippen LogP) is 2.43. The average molecular weight is 408 g/mol. The Kier molecular flexibility index (Phi) is 8.10. The van der Waals surface area contributed by atoms with E-state index in [0.717, 1.165) is 11.1 Å². The fourth-order valence-electron chi connectivity index (χ4n) is 2.22. The Morgan fingerprint density at radius 1 is 0.704 bits per heavy atom. The Labute approximate surface area is 167 Å². The van der Waals surface area contributed by atoms with E-state index in [2.05, 4.69) is 16.0 Å². The van der Waals surface area contributed by atoms with Crippen LogP contribution in [0.5, 0.6) is 0 Å². The molecule has 2 rings (SSSR count). The molecule has 6 nitrogen and oxygen atoms in total. The molecule has 0 saturated heterocycles. The highest BCUT2D eigenvalue weighted by Gasteiger charge is 2.11. The number of carbonyl (C=O) groups is 3. The Hall–Kier alpha value is -2.57. The molecule has 2 aromatic rings. The maximum atomic E-state index is 11.8. The van der Waals surface area contributed by atoms with Crippen LogP contribution in [-0.2, 0) is 27.5 Å². The van der Waals surface area contributed by atoms with Gasteiger partial charge >= 0.3 is 0 Å². The van der Waals surface area contributed by atoms with Crippen molar-refractivity contribution < 1.29 is 14.4 Å². The molecule has 0 radical (unpaired) electrons. The number of hydrogen-bond donors (Lipinski definition) is 3. The Bertz CT molecular complexity index is 793. The van der Waals surface area contributed by atoms with Crippen LogP contribution in [0.4, 0.5) is 0 Å². The zero-order chi connectivity index (χ0) is 19.6. The molecule has 142 valence electrons. The number of hydrogen-bond acceptors (Lipinski definition) is 3. The molecule has 3 amide bonds. The highest BCUT2D eigenvalue weighted by Crippen LogP contribution is 2.18. The van der Waals surface area contributed by atoms with Crippen molar-refractivity contribution in [2.24, 2.45) is 0 Å². The summed E-state index contributed by atoms with van der Waals surface area (Å²) < 4.78 is 0. The van der Waals surface area contributed by atoms with Crippen molar-refractivity contribution in [2.75, 3.05) is 6.54 Å². The van der Waals surface area contributed by atoms with Crippen molar-refractivity contribution in [1.29, 1.82) is 0 Å². The van der Waals surface area contributed by atoms with Gasteiger partial charge in [0.2, 0.25) is 17.7 Å². The highest BCUT2D eigenvalue weighted by atomic mass is 35.5. The maximum Gasteiger partial charge on any atom is 0.239 e. The molecule has 27 heavy (non-hydrogen) atoms. The average Bonchev–Trinajstić information content (AvgIpc) is 2.63. The summed E-state index contributed by atoms with van der Waals surface area (Å²) in [6.45, 7) is 0.348. The first kappa shape index (κ1) is 20.7. The van der Waals surface area contributed by atoms with Gasteiger partial charge in [-0.25, -0.2) is 0 Å². The molecule has 0 spiro atoms. The quantitative estimate of drug-likeness (QED) is 0.587. The molecule has 8 heteroatoms. The van der Waals surface area contributed by atoms with Crippen molar-refractivity contribution in [2.45, 2.75) is 19.5 Å². The van der Waals surface area contributed by atoms with Crippen LogP contribution in [0.25, 0.3) is 0 Å². The zero-order valence-electron chi connectivity index (χ0n) is 14.4. The summed E-state index contributed by atoms with van der Waals surface area (Å²) in [5.41, 5.74) is 1.68. The maximum absolute atomic E-state index is 11.8. The molecule has 0 aliphatic rings. The molecule has 3 N–H and O–H groups in total. The molecule has 0 atom stereocenters. The van der Waals surface area contributed by atoms with Crippen LogP contribution in [0.3, 0.4) is 0 Å². The monoisotopic (exact) mass is 407 g/mol. The highest BCUT2D eigenvalue weighted by molar-refractivity contribution is 6.34. The third kappa shape index (κ3) is 8.11. The van der Waals surface area contributed by atoms with E-state index < -0.39 is 11.8 Å². The van der Waals surface area contributed by atoms with Crippen molar-refractivity contribution in [3.8, 4) is 0 Å². The summed E-state index contributed by atoms with van der Waals surface area (Å²) in [4.78, 5) is 35.3. The first-order chi connectivity index (χ1) is 12.9. The Morgan fingerprint density at radius 2 is 1.26 bits per heavy atom. The first-order valence-electron chi connectivity index (χ1n) is 8.21. The molecule has 2 aromatic carbocycles. The number of halogens is 2. The molecular formula is C19H19Cl2N3O3. The first-order valence-corrected chi connectivity index (χ1v) is 8.97. The Balaban J connectivity index is 1.65. The van der Waals surface area contributed by atoms with Crippen molar-refractivity contribution >= 4 is 40.9 Å². The van der Waals surface area contributed by atoms with Crippen molar-refractivity contribution in [3.63, 3.8) is 0 Å². The third-order valence-electron chi connectivity index (χ3n) is 3.51. The van der Waals surface area contributed by atoms with Crippen LogP contribution in [-0.4, -0.2) is 24.3 Å². The number of nitrogens with one attached hydrogen (secondary N) is 3. The fourth-order valence-corrected chi connectivity index (χ4v) is 2.79. The minimum Gasteiger partial charge on any atom is -0.352 e. The summed E-state index contributed by atoms with van der Waals surface area (Å²) in [5, 5.41) is 8.64. The standard InChI is InChI=1S/C19H19Cl2N3O3/c20-15-6-14(7-16(21)8-15)11-23-19(27)12-24-18(26)9-17(25)22-10-13-4-2-1-3-5-13/h1-8H,9-12H2,(H,22,25)(H,23,27)(H,24,26). The van der Waals surface area contributed by atoms with E-state index in [-0.39, 0.29) is 25.4 Å². The minimum absolute atomic E-state index is 0.223. The van der Waals surface area contributed by atoms with E-state index >= 15 is 0 Å². The fraction of sp³-hybridized carbons (Fsp3) is 0.211. The lowest BCUT2D eigenvalue weighted by atomic mass is 10.2. The van der Waals surface area contributed by atoms with Gasteiger partial charge < -0.3 is 16.0 Å². The predicted molar refractivity (Wildman–Crippen MR) is 104 cm³/mol. The van der Waals surface area contributed by atoms with E-state index in [4.69, 9.17) is 23.2 Å². The van der Waals surface area contributed by atoms with Crippen LogP contribution in [0.2, 0.25) is 10.0 Å². The number of amides is 3. The zero-order valence-corrected chi connectivity index (χ0v) is 15.9. The van der Waals surface area contributed by atoms with E-state index in [1.807, 2.05) is 30.3 Å². The second-order valence-electron chi connectivity index (χ2n) is 5.77. The van der Waals surface area contributed by atoms with Crippen LogP contribution >= 0.6 is 23.2 Å². The van der Waals surface area contributed by atoms with Gasteiger partial charge in [0, 0.05) is 23.1 Å². The molecule has 0 unspecified atom stereocenters. The lowest BCUT2D eigenvalue weighted by Crippen LogP contribution is -2.38. The van der Waals surface area contributed by atoms with E-state index in [9.17, 15) is 14.4 Å². The van der Waals surface area contributed by atoms with Crippen LogP contribution in [0.15, 0.2) is 48.5 Å². The summed E-state index contributed by atoms with van der Waals surface area (Å²) in [7, 11) is 0. The van der Waals surface area contributed by atoms with Gasteiger partial charge in [-0.15, -0.1) is 0 Å². The van der Waals surface area contributed by atoms with Gasteiger partial charge in [-0.1, -0.05) is 53.5 Å². The van der Waals surface area contributed by atoms with Gasteiger partial charge in [-0.05, 0) is 29.3 Å². The van der Waals surface area contributed by atoms with E-state index in [1.165, 1.54) is 0 Å². The topological polar surface area (TPSA) is 87.3 Å². The lowest BCUT2D eigenvalue weighted by molar-refractivity contribution is -0.131. The number of benzene rings is 2. The van der Waals surface area contributed by atoms with Gasteiger partial charge in [0.15, 0.2) is 0 Å². The summed E-state index contributed by atoms with van der Waals surface area (Å²) >= 11 is 11.8. The molecule has 0 saturated carbocycles. The molecule has 0 aliphatic carbocycles. The summed E-state index contributed by atoms with van der Waals surface area (Å²) in [6, 6.07) is 14.3. The molecule has 0 aliphatic heterocycles. The minimum atomic E-state index is -0.526. The SMILES string of the molecule is O=C(CNC(=O)CC(=O)NCc1ccccc1)NCc1cc(Cl)cc(Cl)c1. The van der Waals surface area contributed by atoms with Gasteiger partial charge in [-0.2, -0.15) is 0 Å². The summed E-state index contributed by atoms with van der Waals surface area (Å²) in [6.07, 6.45) is -0.343.